The van der Waals surface area contributed by atoms with E-state index in [0.717, 1.165) is 17.5 Å². The summed E-state index contributed by atoms with van der Waals surface area (Å²) in [5.41, 5.74) is 3.32. The third-order valence-electron chi connectivity index (χ3n) is 5.18. The fraction of sp³-hybridized carbons (Fsp3) is 0.364. The average molecular weight is 385 g/mol. The van der Waals surface area contributed by atoms with Gasteiger partial charge in [-0.25, -0.2) is 0 Å². The normalized spacial score (nSPS) is 16.0. The fourth-order valence-corrected chi connectivity index (χ4v) is 3.99. The molecule has 1 unspecified atom stereocenters. The number of carbonyl (C=O) groups excluding carboxylic acids is 2. The molecule has 2 aromatic rings. The number of rotatable bonds is 5. The first kappa shape index (κ1) is 19.4. The highest BCUT2D eigenvalue weighted by atomic mass is 35.5. The van der Waals surface area contributed by atoms with E-state index in [1.807, 2.05) is 59.2 Å². The Kier molecular flexibility index (Phi) is 6.17. The van der Waals surface area contributed by atoms with Gasteiger partial charge in [0.2, 0.25) is 11.8 Å². The molecule has 0 N–H and O–H groups in total. The molecule has 0 aromatic heterocycles. The monoisotopic (exact) mass is 384 g/mol. The summed E-state index contributed by atoms with van der Waals surface area (Å²) in [6, 6.07) is 15.5. The Morgan fingerprint density at radius 3 is 2.67 bits per heavy atom. The number of nitrogens with zero attached hydrogens (tertiary/aromatic N) is 2. The van der Waals surface area contributed by atoms with Crippen LogP contribution < -0.4 is 0 Å². The zero-order valence-electron chi connectivity index (χ0n) is 15.8. The van der Waals surface area contributed by atoms with Crippen LogP contribution in [0.5, 0.6) is 0 Å². The molecule has 142 valence electrons. The molecule has 27 heavy (non-hydrogen) atoms. The van der Waals surface area contributed by atoms with Crippen LogP contribution in [0.25, 0.3) is 0 Å². The lowest BCUT2D eigenvalue weighted by Gasteiger charge is -2.37. The maximum Gasteiger partial charge on any atom is 0.225 e. The molecular weight excluding hydrogens is 360 g/mol. The van der Waals surface area contributed by atoms with E-state index in [2.05, 4.69) is 6.07 Å². The van der Waals surface area contributed by atoms with Gasteiger partial charge in [-0.15, -0.1) is 0 Å². The molecule has 1 aliphatic heterocycles. The molecule has 0 radical (unpaired) electrons. The Morgan fingerprint density at radius 2 is 1.96 bits per heavy atom. The fourth-order valence-electron chi connectivity index (χ4n) is 3.78. The van der Waals surface area contributed by atoms with E-state index in [1.165, 1.54) is 5.56 Å². The summed E-state index contributed by atoms with van der Waals surface area (Å²) < 4.78 is 0. The van der Waals surface area contributed by atoms with Crippen molar-refractivity contribution in [2.75, 3.05) is 13.1 Å². The highest BCUT2D eigenvalue weighted by Crippen LogP contribution is 2.33. The second kappa shape index (κ2) is 8.57. The quantitative estimate of drug-likeness (QED) is 0.774. The van der Waals surface area contributed by atoms with Gasteiger partial charge in [0.05, 0.1) is 12.5 Å². The van der Waals surface area contributed by atoms with Gasteiger partial charge >= 0.3 is 0 Å². The molecular formula is C22H25ClN2O2. The van der Waals surface area contributed by atoms with Gasteiger partial charge in [0.15, 0.2) is 0 Å². The van der Waals surface area contributed by atoms with E-state index >= 15 is 0 Å². The molecule has 1 aliphatic rings. The Labute approximate surface area is 165 Å². The van der Waals surface area contributed by atoms with Gasteiger partial charge in [-0.05, 0) is 42.2 Å². The van der Waals surface area contributed by atoms with E-state index in [1.54, 1.807) is 6.92 Å². The predicted octanol–water partition coefficient (Wildman–Crippen LogP) is 4.22. The minimum absolute atomic E-state index is 0.0141. The summed E-state index contributed by atoms with van der Waals surface area (Å²) in [6.07, 6.45) is 1.13. The standard InChI is InChI=1S/C22H25ClN2O2/c1-3-24(15-17-7-6-9-19(23)13-17)22(27)14-21-20-10-5-4-8-18(20)11-12-25(21)16(2)26/h4-10,13,21H,3,11-12,14-15H2,1-2H3. The third-order valence-corrected chi connectivity index (χ3v) is 5.42. The maximum absolute atomic E-state index is 13.1. The number of halogens is 1. The van der Waals surface area contributed by atoms with Crippen molar-refractivity contribution in [3.05, 3.63) is 70.2 Å². The van der Waals surface area contributed by atoms with Crippen LogP contribution in [-0.2, 0) is 22.6 Å². The molecule has 0 saturated carbocycles. The zero-order chi connectivity index (χ0) is 19.4. The van der Waals surface area contributed by atoms with Crippen LogP contribution in [0.3, 0.4) is 0 Å². The average Bonchev–Trinajstić information content (AvgIpc) is 2.66. The van der Waals surface area contributed by atoms with Crippen molar-refractivity contribution < 1.29 is 9.59 Å². The van der Waals surface area contributed by atoms with Crippen molar-refractivity contribution >= 4 is 23.4 Å². The molecule has 3 rings (SSSR count). The summed E-state index contributed by atoms with van der Waals surface area (Å²) in [6.45, 7) is 5.34. The van der Waals surface area contributed by atoms with Crippen molar-refractivity contribution in [2.45, 2.75) is 39.3 Å². The summed E-state index contributed by atoms with van der Waals surface area (Å²) in [4.78, 5) is 28.9. The first-order valence-corrected chi connectivity index (χ1v) is 9.74. The summed E-state index contributed by atoms with van der Waals surface area (Å²) in [5.74, 6) is 0.0608. The molecule has 0 aliphatic carbocycles. The lowest BCUT2D eigenvalue weighted by Crippen LogP contribution is -2.42. The summed E-state index contributed by atoms with van der Waals surface area (Å²) in [5, 5.41) is 0.667. The highest BCUT2D eigenvalue weighted by Gasteiger charge is 2.31. The maximum atomic E-state index is 13.1. The number of fused-ring (bicyclic) bond motifs is 1. The Morgan fingerprint density at radius 1 is 1.19 bits per heavy atom. The van der Waals surface area contributed by atoms with Crippen molar-refractivity contribution in [3.8, 4) is 0 Å². The van der Waals surface area contributed by atoms with Crippen LogP contribution in [0, 0.1) is 0 Å². The Balaban J connectivity index is 1.80. The first-order chi connectivity index (χ1) is 13.0. The smallest absolute Gasteiger partial charge is 0.225 e. The van der Waals surface area contributed by atoms with Gasteiger partial charge in [-0.2, -0.15) is 0 Å². The minimum Gasteiger partial charge on any atom is -0.339 e. The zero-order valence-corrected chi connectivity index (χ0v) is 16.6. The molecule has 0 saturated heterocycles. The molecule has 0 fully saturated rings. The van der Waals surface area contributed by atoms with Crippen molar-refractivity contribution in [1.82, 2.24) is 9.80 Å². The minimum atomic E-state index is -0.201. The van der Waals surface area contributed by atoms with Gasteiger partial charge < -0.3 is 9.80 Å². The van der Waals surface area contributed by atoms with Gasteiger partial charge in [0, 0.05) is 31.6 Å². The molecule has 4 nitrogen and oxygen atoms in total. The highest BCUT2D eigenvalue weighted by molar-refractivity contribution is 6.30. The number of carbonyl (C=O) groups is 2. The van der Waals surface area contributed by atoms with Gasteiger partial charge in [0.25, 0.3) is 0 Å². The summed E-state index contributed by atoms with van der Waals surface area (Å²) >= 11 is 6.07. The second-order valence-corrected chi connectivity index (χ2v) is 7.36. The van der Waals surface area contributed by atoms with Gasteiger partial charge in [-0.1, -0.05) is 48.0 Å². The second-order valence-electron chi connectivity index (χ2n) is 6.92. The lowest BCUT2D eigenvalue weighted by molar-refractivity contribution is -0.137. The first-order valence-electron chi connectivity index (χ1n) is 9.36. The molecule has 0 spiro atoms. The van der Waals surface area contributed by atoms with Gasteiger partial charge in [-0.3, -0.25) is 9.59 Å². The topological polar surface area (TPSA) is 40.6 Å². The van der Waals surface area contributed by atoms with Gasteiger partial charge in [0.1, 0.15) is 0 Å². The Bertz CT molecular complexity index is 837. The Hall–Kier alpha value is -2.33. The largest absolute Gasteiger partial charge is 0.339 e. The lowest BCUT2D eigenvalue weighted by atomic mass is 9.90. The predicted molar refractivity (Wildman–Crippen MR) is 107 cm³/mol. The van der Waals surface area contributed by atoms with Crippen LogP contribution in [0.15, 0.2) is 48.5 Å². The van der Waals surface area contributed by atoms with Crippen LogP contribution in [0.1, 0.15) is 43.0 Å². The number of hydrogen-bond acceptors (Lipinski definition) is 2. The van der Waals surface area contributed by atoms with Crippen LogP contribution in [0.2, 0.25) is 5.02 Å². The SMILES string of the molecule is CCN(Cc1cccc(Cl)c1)C(=O)CC1c2ccccc2CCN1C(C)=O. The molecule has 2 amide bonds. The molecule has 2 aromatic carbocycles. The van der Waals surface area contributed by atoms with E-state index < -0.39 is 0 Å². The summed E-state index contributed by atoms with van der Waals surface area (Å²) in [7, 11) is 0. The van der Waals surface area contributed by atoms with Crippen LogP contribution in [-0.4, -0.2) is 34.7 Å². The molecule has 0 bridgehead atoms. The van der Waals surface area contributed by atoms with E-state index in [-0.39, 0.29) is 17.9 Å². The van der Waals surface area contributed by atoms with Crippen molar-refractivity contribution in [3.63, 3.8) is 0 Å². The molecule has 1 atom stereocenters. The number of benzene rings is 2. The van der Waals surface area contributed by atoms with Crippen molar-refractivity contribution in [1.29, 1.82) is 0 Å². The number of hydrogen-bond donors (Lipinski definition) is 0. The van der Waals surface area contributed by atoms with E-state index in [4.69, 9.17) is 11.6 Å². The molecule has 5 heteroatoms. The van der Waals surface area contributed by atoms with E-state index in [9.17, 15) is 9.59 Å². The van der Waals surface area contributed by atoms with E-state index in [0.29, 0.717) is 31.1 Å². The third kappa shape index (κ3) is 4.51. The van der Waals surface area contributed by atoms with Crippen molar-refractivity contribution in [2.24, 2.45) is 0 Å². The van der Waals surface area contributed by atoms with Crippen LogP contribution >= 0.6 is 11.6 Å². The molecule has 1 heterocycles. The number of amides is 2. The van der Waals surface area contributed by atoms with Crippen LogP contribution in [0.4, 0.5) is 0 Å².